The van der Waals surface area contributed by atoms with E-state index in [1.165, 1.54) is 12.1 Å². The Morgan fingerprint density at radius 3 is 2.79 bits per heavy atom. The number of ether oxygens (including phenoxy) is 1. The summed E-state index contributed by atoms with van der Waals surface area (Å²) in [5.74, 6) is 0.440. The Hall–Kier alpha value is -1.26. The molecule has 0 atom stereocenters. The molecule has 0 bridgehead atoms. The average Bonchev–Trinajstić information content (AvgIpc) is 2.39. The lowest BCUT2D eigenvalue weighted by Gasteiger charge is -2.10. The van der Waals surface area contributed by atoms with Gasteiger partial charge in [0.05, 0.1) is 7.11 Å². The molecular formula is C14H12BrClFNO. The van der Waals surface area contributed by atoms with Crippen LogP contribution in [0.5, 0.6) is 5.75 Å². The third-order valence-corrected chi connectivity index (χ3v) is 3.42. The van der Waals surface area contributed by atoms with Crippen molar-refractivity contribution in [1.82, 2.24) is 0 Å². The summed E-state index contributed by atoms with van der Waals surface area (Å²) in [5, 5.41) is 3.72. The third kappa shape index (κ3) is 3.85. The molecule has 0 unspecified atom stereocenters. The SMILES string of the molecule is COc1cc(Br)cc(NCc2cc(F)ccc2Cl)c1. The Balaban J connectivity index is 2.14. The molecule has 5 heteroatoms. The van der Waals surface area contributed by atoms with Crippen LogP contribution in [0.3, 0.4) is 0 Å². The summed E-state index contributed by atoms with van der Waals surface area (Å²) in [7, 11) is 1.61. The second kappa shape index (κ2) is 6.26. The molecule has 0 aliphatic rings. The van der Waals surface area contributed by atoms with Crippen LogP contribution in [0.2, 0.25) is 5.02 Å². The van der Waals surface area contributed by atoms with Crippen LogP contribution in [0.25, 0.3) is 0 Å². The molecule has 0 amide bonds. The Labute approximate surface area is 124 Å². The number of hydrogen-bond donors (Lipinski definition) is 1. The first-order valence-corrected chi connectivity index (χ1v) is 6.78. The zero-order chi connectivity index (χ0) is 13.8. The molecule has 100 valence electrons. The van der Waals surface area contributed by atoms with E-state index in [0.717, 1.165) is 15.9 Å². The van der Waals surface area contributed by atoms with Crippen LogP contribution in [0.1, 0.15) is 5.56 Å². The summed E-state index contributed by atoms with van der Waals surface area (Å²) in [6.07, 6.45) is 0. The summed E-state index contributed by atoms with van der Waals surface area (Å²) in [4.78, 5) is 0. The molecule has 0 saturated carbocycles. The molecule has 2 aromatic carbocycles. The fourth-order valence-electron chi connectivity index (χ4n) is 1.66. The maximum Gasteiger partial charge on any atom is 0.123 e. The Morgan fingerprint density at radius 2 is 2.05 bits per heavy atom. The van der Waals surface area contributed by atoms with Gasteiger partial charge in [0.15, 0.2) is 0 Å². The Morgan fingerprint density at radius 1 is 1.26 bits per heavy atom. The highest BCUT2D eigenvalue weighted by Crippen LogP contribution is 2.25. The molecule has 2 rings (SSSR count). The molecule has 0 radical (unpaired) electrons. The fraction of sp³-hybridized carbons (Fsp3) is 0.143. The first-order valence-electron chi connectivity index (χ1n) is 5.61. The first-order chi connectivity index (χ1) is 9.08. The van der Waals surface area contributed by atoms with E-state index >= 15 is 0 Å². The van der Waals surface area contributed by atoms with Crippen LogP contribution in [-0.4, -0.2) is 7.11 Å². The van der Waals surface area contributed by atoms with Gasteiger partial charge in [-0.3, -0.25) is 0 Å². The van der Waals surface area contributed by atoms with Gasteiger partial charge >= 0.3 is 0 Å². The number of methoxy groups -OCH3 is 1. The molecule has 2 nitrogen and oxygen atoms in total. The molecule has 0 aromatic heterocycles. The van der Waals surface area contributed by atoms with Crippen LogP contribution in [0.4, 0.5) is 10.1 Å². The lowest BCUT2D eigenvalue weighted by Crippen LogP contribution is -2.01. The molecule has 0 aliphatic heterocycles. The van der Waals surface area contributed by atoms with E-state index in [9.17, 15) is 4.39 Å². The van der Waals surface area contributed by atoms with Gasteiger partial charge in [0.1, 0.15) is 11.6 Å². The van der Waals surface area contributed by atoms with Crippen molar-refractivity contribution in [3.05, 3.63) is 57.3 Å². The van der Waals surface area contributed by atoms with Gasteiger partial charge in [-0.2, -0.15) is 0 Å². The predicted molar refractivity (Wildman–Crippen MR) is 79.4 cm³/mol. The lowest BCUT2D eigenvalue weighted by molar-refractivity contribution is 0.414. The largest absolute Gasteiger partial charge is 0.497 e. The van der Waals surface area contributed by atoms with Crippen LogP contribution >= 0.6 is 27.5 Å². The second-order valence-electron chi connectivity index (χ2n) is 3.97. The van der Waals surface area contributed by atoms with E-state index in [4.69, 9.17) is 16.3 Å². The number of rotatable bonds is 4. The summed E-state index contributed by atoms with van der Waals surface area (Å²) in [5.41, 5.74) is 1.58. The molecule has 1 N–H and O–H groups in total. The number of nitrogens with one attached hydrogen (secondary N) is 1. The Bertz CT molecular complexity index is 592. The van der Waals surface area contributed by atoms with Crippen molar-refractivity contribution < 1.29 is 9.13 Å². The first kappa shape index (κ1) is 14.2. The van der Waals surface area contributed by atoms with Crippen LogP contribution < -0.4 is 10.1 Å². The maximum absolute atomic E-state index is 13.1. The van der Waals surface area contributed by atoms with Gasteiger partial charge in [0.2, 0.25) is 0 Å². The lowest BCUT2D eigenvalue weighted by atomic mass is 10.2. The zero-order valence-electron chi connectivity index (χ0n) is 10.2. The molecular weight excluding hydrogens is 333 g/mol. The van der Waals surface area contributed by atoms with E-state index in [0.29, 0.717) is 17.1 Å². The van der Waals surface area contributed by atoms with Gasteiger partial charge < -0.3 is 10.1 Å². The maximum atomic E-state index is 13.1. The van der Waals surface area contributed by atoms with E-state index < -0.39 is 0 Å². The molecule has 0 fully saturated rings. The van der Waals surface area contributed by atoms with Gasteiger partial charge in [-0.25, -0.2) is 4.39 Å². The standard InChI is InChI=1S/C14H12BrClFNO/c1-19-13-6-10(15)5-12(7-13)18-8-9-4-11(17)2-3-14(9)16/h2-7,18H,8H2,1H3. The van der Waals surface area contributed by atoms with Crippen molar-refractivity contribution in [3.63, 3.8) is 0 Å². The minimum Gasteiger partial charge on any atom is -0.497 e. The monoisotopic (exact) mass is 343 g/mol. The summed E-state index contributed by atoms with van der Waals surface area (Å²) < 4.78 is 19.2. The van der Waals surface area contributed by atoms with E-state index in [1.807, 2.05) is 18.2 Å². The molecule has 19 heavy (non-hydrogen) atoms. The van der Waals surface area contributed by atoms with Gasteiger partial charge in [-0.15, -0.1) is 0 Å². The fourth-order valence-corrected chi connectivity index (χ4v) is 2.32. The van der Waals surface area contributed by atoms with Gasteiger partial charge in [-0.1, -0.05) is 27.5 Å². The number of hydrogen-bond acceptors (Lipinski definition) is 2. The third-order valence-electron chi connectivity index (χ3n) is 2.60. The van der Waals surface area contributed by atoms with Crippen molar-refractivity contribution in [2.75, 3.05) is 12.4 Å². The molecule has 0 heterocycles. The molecule has 0 aliphatic carbocycles. The normalized spacial score (nSPS) is 10.3. The minimum absolute atomic E-state index is 0.298. The highest BCUT2D eigenvalue weighted by Gasteiger charge is 2.04. The molecule has 0 saturated heterocycles. The zero-order valence-corrected chi connectivity index (χ0v) is 12.6. The van der Waals surface area contributed by atoms with Crippen LogP contribution in [-0.2, 0) is 6.54 Å². The molecule has 0 spiro atoms. The van der Waals surface area contributed by atoms with E-state index in [2.05, 4.69) is 21.2 Å². The number of anilines is 1. The Kier molecular flexibility index (Phi) is 4.66. The van der Waals surface area contributed by atoms with E-state index in [1.54, 1.807) is 13.2 Å². The van der Waals surface area contributed by atoms with Crippen LogP contribution in [0, 0.1) is 5.82 Å². The second-order valence-corrected chi connectivity index (χ2v) is 5.29. The highest BCUT2D eigenvalue weighted by atomic mass is 79.9. The smallest absolute Gasteiger partial charge is 0.123 e. The van der Waals surface area contributed by atoms with Crippen molar-refractivity contribution in [3.8, 4) is 5.75 Å². The summed E-state index contributed by atoms with van der Waals surface area (Å²) in [6, 6.07) is 9.95. The van der Waals surface area contributed by atoms with Crippen molar-refractivity contribution >= 4 is 33.2 Å². The number of benzene rings is 2. The summed E-state index contributed by atoms with van der Waals surface area (Å²) in [6.45, 7) is 0.441. The van der Waals surface area contributed by atoms with E-state index in [-0.39, 0.29) is 5.82 Å². The van der Waals surface area contributed by atoms with Crippen molar-refractivity contribution in [2.24, 2.45) is 0 Å². The topological polar surface area (TPSA) is 21.3 Å². The minimum atomic E-state index is -0.298. The van der Waals surface area contributed by atoms with Crippen molar-refractivity contribution in [1.29, 1.82) is 0 Å². The van der Waals surface area contributed by atoms with Gasteiger partial charge in [0.25, 0.3) is 0 Å². The molecule has 2 aromatic rings. The number of halogens is 3. The van der Waals surface area contributed by atoms with Gasteiger partial charge in [-0.05, 0) is 35.9 Å². The van der Waals surface area contributed by atoms with Crippen LogP contribution in [0.15, 0.2) is 40.9 Å². The highest BCUT2D eigenvalue weighted by molar-refractivity contribution is 9.10. The summed E-state index contributed by atoms with van der Waals surface area (Å²) >= 11 is 9.41. The van der Waals surface area contributed by atoms with Gasteiger partial charge in [0, 0.05) is 27.8 Å². The predicted octanol–water partition coefficient (Wildman–Crippen LogP) is 4.86. The quantitative estimate of drug-likeness (QED) is 0.855. The van der Waals surface area contributed by atoms with Crippen molar-refractivity contribution in [2.45, 2.75) is 6.54 Å². The average molecular weight is 345 g/mol.